The van der Waals surface area contributed by atoms with Crippen molar-refractivity contribution in [1.29, 1.82) is 0 Å². The molecule has 0 spiro atoms. The molecule has 0 bridgehead atoms. The maximum absolute atomic E-state index is 13.4. The van der Waals surface area contributed by atoms with Gasteiger partial charge in [0.2, 0.25) is 11.9 Å². The minimum atomic E-state index is -0.929. The summed E-state index contributed by atoms with van der Waals surface area (Å²) in [6.07, 6.45) is 15.7. The van der Waals surface area contributed by atoms with Gasteiger partial charge in [0.05, 0.1) is 24.6 Å². The number of nitrogens with one attached hydrogen (secondary N) is 2. The van der Waals surface area contributed by atoms with Crippen LogP contribution in [0.2, 0.25) is 0 Å². The number of ether oxygens (including phenoxy) is 2. The first kappa shape index (κ1) is 52.8. The molecule has 0 saturated carbocycles. The molecule has 70 heavy (non-hydrogen) atoms. The van der Waals surface area contributed by atoms with E-state index in [0.29, 0.717) is 73.5 Å². The quantitative estimate of drug-likeness (QED) is 0.0416. The third-order valence-electron chi connectivity index (χ3n) is 12.5. The molecule has 2 unspecified atom stereocenters. The van der Waals surface area contributed by atoms with E-state index in [1.54, 1.807) is 13.8 Å². The van der Waals surface area contributed by atoms with Crippen molar-refractivity contribution in [3.63, 3.8) is 0 Å². The lowest BCUT2D eigenvalue weighted by Gasteiger charge is -2.30. The second-order valence-corrected chi connectivity index (χ2v) is 18.4. The highest BCUT2D eigenvalue weighted by atomic mass is 16.7. The predicted molar refractivity (Wildman–Crippen MR) is 273 cm³/mol. The third-order valence-corrected chi connectivity index (χ3v) is 12.5. The summed E-state index contributed by atoms with van der Waals surface area (Å²) in [6, 6.07) is 16.3. The van der Waals surface area contributed by atoms with E-state index in [9.17, 15) is 19.2 Å². The van der Waals surface area contributed by atoms with Crippen LogP contribution in [-0.4, -0.2) is 93.6 Å². The summed E-state index contributed by atoms with van der Waals surface area (Å²) in [5, 5.41) is 6.24. The van der Waals surface area contributed by atoms with Crippen molar-refractivity contribution >= 4 is 23.8 Å². The van der Waals surface area contributed by atoms with Gasteiger partial charge >= 0.3 is 11.9 Å². The van der Waals surface area contributed by atoms with E-state index in [0.717, 1.165) is 72.4 Å². The lowest BCUT2D eigenvalue weighted by atomic mass is 10.00. The molecule has 2 N–H and O–H groups in total. The van der Waals surface area contributed by atoms with E-state index in [-0.39, 0.29) is 24.7 Å². The summed E-state index contributed by atoms with van der Waals surface area (Å²) in [6.45, 7) is 19.3. The second kappa shape index (κ2) is 27.0. The van der Waals surface area contributed by atoms with Crippen LogP contribution in [0.15, 0.2) is 94.6 Å². The molecule has 16 heteroatoms. The SMILES string of the molecule is CC=CCc1c(C)n(OC(=O)/C=C\C(=O)On2c(NCCCOc3cccc(CN4CCCC(C)C4)c3)nc(=O)c(CC=CC)c2C)c(NCCCOc2cccc(CN3CCCC(C)C3)c2)nc1=O. The molecular formula is C54H72N8O8. The number of carbonyl (C=O) groups excluding carboxylic acids is 2. The summed E-state index contributed by atoms with van der Waals surface area (Å²) >= 11 is 0. The Hall–Kier alpha value is -6.52. The van der Waals surface area contributed by atoms with Gasteiger partial charge in [0.1, 0.15) is 11.5 Å². The van der Waals surface area contributed by atoms with Crippen molar-refractivity contribution in [2.75, 3.05) is 63.1 Å². The highest BCUT2D eigenvalue weighted by Gasteiger charge is 2.21. The van der Waals surface area contributed by atoms with Crippen LogP contribution in [0.25, 0.3) is 0 Å². The molecule has 16 nitrogen and oxygen atoms in total. The summed E-state index contributed by atoms with van der Waals surface area (Å²) in [5.74, 6) is 1.16. The van der Waals surface area contributed by atoms with Crippen molar-refractivity contribution in [3.8, 4) is 11.5 Å². The molecule has 4 heterocycles. The van der Waals surface area contributed by atoms with E-state index < -0.39 is 23.1 Å². The van der Waals surface area contributed by atoms with Crippen LogP contribution in [0, 0.1) is 25.7 Å². The Bertz CT molecular complexity index is 2410. The number of likely N-dealkylation sites (tertiary alicyclic amines) is 2. The largest absolute Gasteiger partial charge is 0.494 e. The zero-order valence-corrected chi connectivity index (χ0v) is 41.9. The minimum Gasteiger partial charge on any atom is -0.494 e. The van der Waals surface area contributed by atoms with Gasteiger partial charge in [-0.2, -0.15) is 9.97 Å². The molecule has 2 aliphatic rings. The predicted octanol–water partition coefficient (Wildman–Crippen LogP) is 7.05. The number of allylic oxidation sites excluding steroid dienone is 4. The molecule has 2 saturated heterocycles. The number of carbonyl (C=O) groups is 2. The van der Waals surface area contributed by atoms with Crippen molar-refractivity contribution in [1.82, 2.24) is 29.2 Å². The van der Waals surface area contributed by atoms with Crippen molar-refractivity contribution in [2.45, 2.75) is 106 Å². The molecule has 2 atom stereocenters. The van der Waals surface area contributed by atoms with Gasteiger partial charge in [0.25, 0.3) is 11.1 Å². The maximum Gasteiger partial charge on any atom is 0.356 e. The fourth-order valence-corrected chi connectivity index (χ4v) is 8.82. The molecule has 0 aliphatic carbocycles. The Kier molecular flexibility index (Phi) is 20.4. The monoisotopic (exact) mass is 961 g/mol. The Morgan fingerprint density at radius 1 is 0.671 bits per heavy atom. The Morgan fingerprint density at radius 2 is 1.10 bits per heavy atom. The number of hydrogen-bond acceptors (Lipinski definition) is 14. The fourth-order valence-electron chi connectivity index (χ4n) is 8.82. The number of aromatic nitrogens is 4. The first-order valence-electron chi connectivity index (χ1n) is 24.9. The van der Waals surface area contributed by atoms with E-state index in [4.69, 9.17) is 19.1 Å². The fraction of sp³-hybridized carbons (Fsp3) is 0.481. The van der Waals surface area contributed by atoms with Crippen LogP contribution in [0.1, 0.15) is 99.9 Å². The van der Waals surface area contributed by atoms with Crippen LogP contribution >= 0.6 is 0 Å². The number of piperidine rings is 2. The lowest BCUT2D eigenvalue weighted by Crippen LogP contribution is -2.33. The van der Waals surface area contributed by atoms with E-state index in [2.05, 4.69) is 68.5 Å². The number of rotatable bonds is 24. The van der Waals surface area contributed by atoms with Gasteiger partial charge in [-0.25, -0.2) is 9.59 Å². The first-order chi connectivity index (χ1) is 33.9. The van der Waals surface area contributed by atoms with Crippen molar-refractivity contribution in [3.05, 3.63) is 139 Å². The summed E-state index contributed by atoms with van der Waals surface area (Å²) in [7, 11) is 0. The molecule has 2 fully saturated rings. The lowest BCUT2D eigenvalue weighted by molar-refractivity contribution is -0.141. The standard InChI is InChI=1S/C54H72N8O8/c1-7-9-23-47-41(5)61(53(57-51(47)65)55-27-15-31-67-45-21-11-19-43(33-45)37-59-29-13-17-39(3)35-59)69-49(63)25-26-50(64)70-62-42(6)48(24-10-8-2)52(66)58-54(62)56-28-16-32-68-46-22-12-20-44(34-46)38-60-30-14-18-40(4)36-60/h7-12,19-22,25-26,33-34,39-40H,13-18,23-24,27-32,35-38H2,1-6H3,(H,55,57,65)(H,56,58,66)/b9-7?,10-8?,26-25-. The van der Waals surface area contributed by atoms with Gasteiger partial charge in [-0.1, -0.05) is 62.4 Å². The highest BCUT2D eigenvalue weighted by Crippen LogP contribution is 2.22. The van der Waals surface area contributed by atoms with Crippen LogP contribution in [0.3, 0.4) is 0 Å². The zero-order valence-electron chi connectivity index (χ0n) is 41.9. The number of anilines is 2. The first-order valence-corrected chi connectivity index (χ1v) is 24.9. The van der Waals surface area contributed by atoms with Gasteiger partial charge in [0.15, 0.2) is 0 Å². The van der Waals surface area contributed by atoms with Gasteiger partial charge in [0, 0.05) is 62.5 Å². The van der Waals surface area contributed by atoms with E-state index in [1.165, 1.54) is 36.8 Å². The number of nitrogens with zero attached hydrogens (tertiary/aromatic N) is 6. The average Bonchev–Trinajstić information content (AvgIpc) is 3.33. The summed E-state index contributed by atoms with van der Waals surface area (Å²) in [4.78, 5) is 77.9. The van der Waals surface area contributed by atoms with E-state index >= 15 is 0 Å². The molecular weight excluding hydrogens is 889 g/mol. The maximum atomic E-state index is 13.4. The third kappa shape index (κ3) is 16.0. The number of hydrogen-bond donors (Lipinski definition) is 2. The van der Waals surface area contributed by atoms with Crippen LogP contribution in [0.5, 0.6) is 11.5 Å². The van der Waals surface area contributed by atoms with Gasteiger partial charge in [-0.3, -0.25) is 19.4 Å². The highest BCUT2D eigenvalue weighted by molar-refractivity contribution is 5.92. The molecule has 0 amide bonds. The zero-order chi connectivity index (χ0) is 49.8. The van der Waals surface area contributed by atoms with Crippen LogP contribution in [0.4, 0.5) is 11.9 Å². The van der Waals surface area contributed by atoms with Gasteiger partial charge < -0.3 is 29.8 Å². The van der Waals surface area contributed by atoms with E-state index in [1.807, 2.05) is 62.4 Å². The smallest absolute Gasteiger partial charge is 0.356 e. The van der Waals surface area contributed by atoms with Crippen molar-refractivity contribution in [2.24, 2.45) is 11.8 Å². The average molecular weight is 961 g/mol. The summed E-state index contributed by atoms with van der Waals surface area (Å²) < 4.78 is 14.5. The van der Waals surface area contributed by atoms with Gasteiger partial charge in [-0.15, -0.1) is 9.46 Å². The normalized spacial score (nSPS) is 16.8. The summed E-state index contributed by atoms with van der Waals surface area (Å²) in [5.41, 5.74) is 2.91. The number of benzene rings is 2. The second-order valence-electron chi connectivity index (χ2n) is 18.4. The van der Waals surface area contributed by atoms with Crippen LogP contribution in [-0.2, 0) is 35.5 Å². The molecule has 2 aromatic carbocycles. The topological polar surface area (TPSA) is 171 Å². The Labute approximate surface area is 412 Å². The molecule has 6 rings (SSSR count). The molecule has 376 valence electrons. The Balaban J connectivity index is 1.06. The molecule has 4 aromatic rings. The Morgan fingerprint density at radius 3 is 1.50 bits per heavy atom. The minimum absolute atomic E-state index is 0.0228. The van der Waals surface area contributed by atoms with Crippen LogP contribution < -0.4 is 40.9 Å². The van der Waals surface area contributed by atoms with Gasteiger partial charge in [-0.05, 0) is 139 Å². The molecule has 0 radical (unpaired) electrons. The van der Waals surface area contributed by atoms with Crippen molar-refractivity contribution < 1.29 is 28.7 Å². The molecule has 2 aliphatic heterocycles. The molecule has 2 aromatic heterocycles.